The largest absolute Gasteiger partial charge is 0.468 e. The Morgan fingerprint density at radius 2 is 2.14 bits per heavy atom. The number of nitrogens with zero attached hydrogens (tertiary/aromatic N) is 1. The highest BCUT2D eigenvalue weighted by atomic mass is 16.5. The van der Waals surface area contributed by atoms with Gasteiger partial charge in [0.15, 0.2) is 0 Å². The van der Waals surface area contributed by atoms with E-state index in [1.807, 2.05) is 0 Å². The molecule has 1 saturated heterocycles. The van der Waals surface area contributed by atoms with Crippen molar-refractivity contribution in [2.45, 2.75) is 70.9 Å². The Bertz CT molecular complexity index is 370. The SMILES string of the molecule is CCCNC1(C(=O)OC)CCC(N2CCCC(C)(C)C2)C1. The fraction of sp³-hybridized carbons (Fsp3) is 0.941. The number of carbonyl (C=O) groups excluding carboxylic acids is 1. The number of likely N-dealkylation sites (tertiary alicyclic amines) is 1. The van der Waals surface area contributed by atoms with Crippen molar-refractivity contribution in [3.8, 4) is 0 Å². The molecule has 122 valence electrons. The Labute approximate surface area is 129 Å². The Kier molecular flexibility index (Phi) is 5.31. The molecule has 2 fully saturated rings. The van der Waals surface area contributed by atoms with Gasteiger partial charge in [-0.3, -0.25) is 9.69 Å². The van der Waals surface area contributed by atoms with Gasteiger partial charge < -0.3 is 10.1 Å². The number of nitrogens with one attached hydrogen (secondary N) is 1. The van der Waals surface area contributed by atoms with Gasteiger partial charge in [-0.25, -0.2) is 0 Å². The summed E-state index contributed by atoms with van der Waals surface area (Å²) in [6.45, 7) is 10.1. The van der Waals surface area contributed by atoms with Crippen molar-refractivity contribution in [3.05, 3.63) is 0 Å². The molecule has 0 radical (unpaired) electrons. The molecule has 0 aromatic rings. The lowest BCUT2D eigenvalue weighted by Gasteiger charge is -2.41. The number of hydrogen-bond donors (Lipinski definition) is 1. The standard InChI is InChI=1S/C17H32N2O2/c1-5-10-18-17(15(20)21-4)9-7-14(12-17)19-11-6-8-16(2,3)13-19/h14,18H,5-13H2,1-4H3. The van der Waals surface area contributed by atoms with Crippen molar-refractivity contribution in [3.63, 3.8) is 0 Å². The average molecular weight is 296 g/mol. The lowest BCUT2D eigenvalue weighted by Crippen LogP contribution is -2.53. The van der Waals surface area contributed by atoms with E-state index in [1.165, 1.54) is 26.5 Å². The zero-order valence-electron chi connectivity index (χ0n) is 14.2. The molecule has 1 aliphatic carbocycles. The molecule has 0 aromatic heterocycles. The maximum Gasteiger partial charge on any atom is 0.326 e. The van der Waals surface area contributed by atoms with E-state index in [4.69, 9.17) is 4.74 Å². The molecule has 2 atom stereocenters. The second kappa shape index (κ2) is 6.66. The van der Waals surface area contributed by atoms with Crippen LogP contribution in [0.3, 0.4) is 0 Å². The van der Waals surface area contributed by atoms with Gasteiger partial charge in [0.05, 0.1) is 7.11 Å². The smallest absolute Gasteiger partial charge is 0.326 e. The van der Waals surface area contributed by atoms with Gasteiger partial charge >= 0.3 is 5.97 Å². The summed E-state index contributed by atoms with van der Waals surface area (Å²) >= 11 is 0. The van der Waals surface area contributed by atoms with Crippen LogP contribution in [0.4, 0.5) is 0 Å². The summed E-state index contributed by atoms with van der Waals surface area (Å²) in [5, 5.41) is 3.48. The third-order valence-electron chi connectivity index (χ3n) is 5.22. The van der Waals surface area contributed by atoms with Crippen LogP contribution in [0.15, 0.2) is 0 Å². The van der Waals surface area contributed by atoms with Crippen LogP contribution in [0.1, 0.15) is 59.3 Å². The molecule has 0 spiro atoms. The number of rotatable bonds is 5. The number of ether oxygens (including phenoxy) is 1. The van der Waals surface area contributed by atoms with Gasteiger partial charge in [-0.05, 0) is 57.0 Å². The topological polar surface area (TPSA) is 41.6 Å². The fourth-order valence-corrected chi connectivity index (χ4v) is 4.09. The number of piperidine rings is 1. The molecule has 1 N–H and O–H groups in total. The summed E-state index contributed by atoms with van der Waals surface area (Å²) in [6, 6.07) is 0.521. The monoisotopic (exact) mass is 296 g/mol. The molecule has 1 aliphatic heterocycles. The van der Waals surface area contributed by atoms with Crippen molar-refractivity contribution in [2.24, 2.45) is 5.41 Å². The minimum Gasteiger partial charge on any atom is -0.468 e. The second-order valence-corrected chi connectivity index (χ2v) is 7.64. The predicted molar refractivity (Wildman–Crippen MR) is 85.3 cm³/mol. The van der Waals surface area contributed by atoms with E-state index in [1.54, 1.807) is 0 Å². The maximum absolute atomic E-state index is 12.3. The van der Waals surface area contributed by atoms with Gasteiger partial charge in [-0.1, -0.05) is 20.8 Å². The summed E-state index contributed by atoms with van der Waals surface area (Å²) in [5.41, 5.74) is -0.0391. The minimum absolute atomic E-state index is 0.0743. The van der Waals surface area contributed by atoms with Crippen molar-refractivity contribution in [1.29, 1.82) is 0 Å². The van der Waals surface area contributed by atoms with E-state index < -0.39 is 5.54 Å². The Morgan fingerprint density at radius 1 is 1.38 bits per heavy atom. The number of hydrogen-bond acceptors (Lipinski definition) is 4. The molecule has 1 heterocycles. The van der Waals surface area contributed by atoms with Crippen LogP contribution in [-0.4, -0.2) is 49.2 Å². The van der Waals surface area contributed by atoms with Crippen LogP contribution in [0.5, 0.6) is 0 Å². The molecule has 0 amide bonds. The van der Waals surface area contributed by atoms with Crippen LogP contribution in [0.2, 0.25) is 0 Å². The van der Waals surface area contributed by atoms with Crippen LogP contribution in [0.25, 0.3) is 0 Å². The minimum atomic E-state index is -0.447. The van der Waals surface area contributed by atoms with Gasteiger partial charge in [-0.15, -0.1) is 0 Å². The first-order valence-electron chi connectivity index (χ1n) is 8.50. The summed E-state index contributed by atoms with van der Waals surface area (Å²) < 4.78 is 5.09. The normalized spacial score (nSPS) is 33.0. The highest BCUT2D eigenvalue weighted by Gasteiger charge is 2.48. The van der Waals surface area contributed by atoms with Crippen LogP contribution >= 0.6 is 0 Å². The third-order valence-corrected chi connectivity index (χ3v) is 5.22. The van der Waals surface area contributed by atoms with E-state index in [-0.39, 0.29) is 5.97 Å². The molecule has 2 unspecified atom stereocenters. The fourth-order valence-electron chi connectivity index (χ4n) is 4.09. The highest BCUT2D eigenvalue weighted by molar-refractivity contribution is 5.81. The lowest BCUT2D eigenvalue weighted by molar-refractivity contribution is -0.148. The number of methoxy groups -OCH3 is 1. The van der Waals surface area contributed by atoms with Gasteiger partial charge in [0, 0.05) is 12.6 Å². The predicted octanol–water partition coefficient (Wildman–Crippen LogP) is 2.57. The van der Waals surface area contributed by atoms with Crippen LogP contribution in [0, 0.1) is 5.41 Å². The van der Waals surface area contributed by atoms with Gasteiger partial charge in [-0.2, -0.15) is 0 Å². The van der Waals surface area contributed by atoms with Gasteiger partial charge in [0.2, 0.25) is 0 Å². The molecule has 0 bridgehead atoms. The Morgan fingerprint density at radius 3 is 2.76 bits per heavy atom. The van der Waals surface area contributed by atoms with Crippen molar-refractivity contribution >= 4 is 5.97 Å². The van der Waals surface area contributed by atoms with Crippen molar-refractivity contribution in [2.75, 3.05) is 26.7 Å². The molecular formula is C17H32N2O2. The zero-order chi connectivity index (χ0) is 15.5. The van der Waals surface area contributed by atoms with Gasteiger partial charge in [0.25, 0.3) is 0 Å². The van der Waals surface area contributed by atoms with Gasteiger partial charge in [0.1, 0.15) is 5.54 Å². The molecule has 1 saturated carbocycles. The average Bonchev–Trinajstić information content (AvgIpc) is 2.89. The van der Waals surface area contributed by atoms with E-state index in [2.05, 4.69) is 31.0 Å². The first kappa shape index (κ1) is 16.8. The van der Waals surface area contributed by atoms with E-state index in [9.17, 15) is 4.79 Å². The van der Waals surface area contributed by atoms with Crippen LogP contribution < -0.4 is 5.32 Å². The van der Waals surface area contributed by atoms with Crippen molar-refractivity contribution < 1.29 is 9.53 Å². The zero-order valence-corrected chi connectivity index (χ0v) is 14.2. The maximum atomic E-state index is 12.3. The molecule has 0 aromatic carbocycles. The molecule has 21 heavy (non-hydrogen) atoms. The first-order valence-corrected chi connectivity index (χ1v) is 8.50. The molecule has 2 rings (SSSR count). The molecule has 2 aliphatic rings. The quantitative estimate of drug-likeness (QED) is 0.792. The van der Waals surface area contributed by atoms with Crippen molar-refractivity contribution in [1.82, 2.24) is 10.2 Å². The van der Waals surface area contributed by atoms with E-state index in [0.29, 0.717) is 11.5 Å². The van der Waals surface area contributed by atoms with Crippen LogP contribution in [-0.2, 0) is 9.53 Å². The third kappa shape index (κ3) is 3.78. The highest BCUT2D eigenvalue weighted by Crippen LogP contribution is 2.38. The van der Waals surface area contributed by atoms with E-state index in [0.717, 1.165) is 38.8 Å². The summed E-state index contributed by atoms with van der Waals surface area (Å²) in [7, 11) is 1.51. The lowest BCUT2D eigenvalue weighted by atomic mass is 9.83. The summed E-state index contributed by atoms with van der Waals surface area (Å²) in [6.07, 6.45) is 6.53. The Balaban J connectivity index is 2.03. The second-order valence-electron chi connectivity index (χ2n) is 7.64. The summed E-state index contributed by atoms with van der Waals surface area (Å²) in [4.78, 5) is 14.9. The Hall–Kier alpha value is -0.610. The molecular weight excluding hydrogens is 264 g/mol. The number of carbonyl (C=O) groups is 1. The molecule has 4 nitrogen and oxygen atoms in total. The first-order chi connectivity index (χ1) is 9.92. The van der Waals surface area contributed by atoms with E-state index >= 15 is 0 Å². The number of esters is 1. The molecule has 4 heteroatoms. The summed E-state index contributed by atoms with van der Waals surface area (Å²) in [5.74, 6) is -0.0743.